The molecule has 0 unspecified atom stereocenters. The molecule has 1 aliphatic heterocycles. The number of rotatable bonds is 8. The lowest BCUT2D eigenvalue weighted by Gasteiger charge is -2.26. The molecule has 31 heavy (non-hydrogen) atoms. The van der Waals surface area contributed by atoms with Crippen LogP contribution in [0.25, 0.3) is 0 Å². The van der Waals surface area contributed by atoms with Crippen LogP contribution >= 0.6 is 0 Å². The molecule has 7 nitrogen and oxygen atoms in total. The Hall–Kier alpha value is -2.83. The van der Waals surface area contributed by atoms with Gasteiger partial charge in [0, 0.05) is 44.0 Å². The molecular weight excluding hydrogens is 388 g/mol. The van der Waals surface area contributed by atoms with Crippen LogP contribution < -0.4 is 10.6 Å². The van der Waals surface area contributed by atoms with Crippen molar-refractivity contribution in [2.75, 3.05) is 26.2 Å². The van der Waals surface area contributed by atoms with Crippen molar-refractivity contribution in [1.29, 1.82) is 0 Å². The second kappa shape index (κ2) is 11.5. The number of aliphatic imine (C=N–C) groups is 1. The molecule has 0 radical (unpaired) electrons. The standard InChI is InChI=1S/C24H36N6O/c1-4-25-24(26-13-8-16-30-20(3)17-19(2)28-30)27-18-21-9-11-22(12-10-21)23(31)29-14-6-5-7-15-29/h9-12,17H,4-8,13-16,18H2,1-3H3,(H2,25,26,27). The lowest BCUT2D eigenvalue weighted by atomic mass is 10.1. The largest absolute Gasteiger partial charge is 0.357 e. The minimum Gasteiger partial charge on any atom is -0.357 e. The van der Waals surface area contributed by atoms with Crippen LogP contribution in [0.5, 0.6) is 0 Å². The Morgan fingerprint density at radius 3 is 2.48 bits per heavy atom. The first-order valence-electron chi connectivity index (χ1n) is 11.5. The summed E-state index contributed by atoms with van der Waals surface area (Å²) in [5.74, 6) is 0.955. The number of carbonyl (C=O) groups excluding carboxylic acids is 1. The van der Waals surface area contributed by atoms with Gasteiger partial charge in [-0.25, -0.2) is 4.99 Å². The van der Waals surface area contributed by atoms with Crippen LogP contribution in [-0.2, 0) is 13.1 Å². The average Bonchev–Trinajstić information content (AvgIpc) is 3.12. The number of benzene rings is 1. The molecule has 1 fully saturated rings. The summed E-state index contributed by atoms with van der Waals surface area (Å²) in [5, 5.41) is 11.2. The van der Waals surface area contributed by atoms with Crippen LogP contribution in [0.3, 0.4) is 0 Å². The van der Waals surface area contributed by atoms with Gasteiger partial charge in [-0.3, -0.25) is 9.48 Å². The van der Waals surface area contributed by atoms with Crippen LogP contribution in [0.2, 0.25) is 0 Å². The van der Waals surface area contributed by atoms with E-state index < -0.39 is 0 Å². The molecule has 1 saturated heterocycles. The van der Waals surface area contributed by atoms with Gasteiger partial charge < -0.3 is 15.5 Å². The third-order valence-electron chi connectivity index (χ3n) is 5.55. The fourth-order valence-electron chi connectivity index (χ4n) is 3.88. The Bertz CT molecular complexity index is 865. The highest BCUT2D eigenvalue weighted by atomic mass is 16.2. The van der Waals surface area contributed by atoms with E-state index >= 15 is 0 Å². The Balaban J connectivity index is 1.48. The molecule has 1 amide bonds. The van der Waals surface area contributed by atoms with Crippen LogP contribution in [0.4, 0.5) is 0 Å². The van der Waals surface area contributed by atoms with E-state index in [0.717, 1.165) is 74.8 Å². The molecule has 0 atom stereocenters. The summed E-state index contributed by atoms with van der Waals surface area (Å²) < 4.78 is 2.05. The van der Waals surface area contributed by atoms with E-state index in [1.54, 1.807) is 0 Å². The van der Waals surface area contributed by atoms with Gasteiger partial charge in [-0.2, -0.15) is 5.10 Å². The molecule has 2 aromatic rings. The number of nitrogens with zero attached hydrogens (tertiary/aromatic N) is 4. The van der Waals surface area contributed by atoms with E-state index in [1.807, 2.05) is 40.8 Å². The first kappa shape index (κ1) is 22.8. The predicted octanol–water partition coefficient (Wildman–Crippen LogP) is 3.27. The fourth-order valence-corrected chi connectivity index (χ4v) is 3.88. The van der Waals surface area contributed by atoms with E-state index in [9.17, 15) is 4.79 Å². The van der Waals surface area contributed by atoms with Gasteiger partial charge in [0.2, 0.25) is 0 Å². The van der Waals surface area contributed by atoms with Gasteiger partial charge >= 0.3 is 0 Å². The predicted molar refractivity (Wildman–Crippen MR) is 125 cm³/mol. The molecule has 7 heteroatoms. The zero-order valence-corrected chi connectivity index (χ0v) is 19.2. The van der Waals surface area contributed by atoms with Crippen molar-refractivity contribution in [2.45, 2.75) is 59.5 Å². The van der Waals surface area contributed by atoms with Gasteiger partial charge in [-0.15, -0.1) is 0 Å². The monoisotopic (exact) mass is 424 g/mol. The summed E-state index contributed by atoms with van der Waals surface area (Å²) >= 11 is 0. The first-order valence-corrected chi connectivity index (χ1v) is 11.5. The lowest BCUT2D eigenvalue weighted by molar-refractivity contribution is 0.0724. The Kier molecular flexibility index (Phi) is 8.50. The molecule has 2 heterocycles. The Labute approximate surface area is 185 Å². The molecule has 3 rings (SSSR count). The highest BCUT2D eigenvalue weighted by Crippen LogP contribution is 2.14. The number of likely N-dealkylation sites (tertiary alicyclic amines) is 1. The number of hydrogen-bond donors (Lipinski definition) is 2. The van der Waals surface area contributed by atoms with Crippen molar-refractivity contribution in [3.8, 4) is 0 Å². The molecule has 168 valence electrons. The minimum atomic E-state index is 0.146. The lowest BCUT2D eigenvalue weighted by Crippen LogP contribution is -2.38. The summed E-state index contributed by atoms with van der Waals surface area (Å²) in [6, 6.07) is 9.97. The molecule has 0 bridgehead atoms. The number of piperidine rings is 1. The maximum atomic E-state index is 12.6. The molecule has 2 N–H and O–H groups in total. The number of amides is 1. The topological polar surface area (TPSA) is 74.6 Å². The second-order valence-corrected chi connectivity index (χ2v) is 8.18. The number of carbonyl (C=O) groups is 1. The summed E-state index contributed by atoms with van der Waals surface area (Å²) in [6.45, 7) is 11.0. The third-order valence-corrected chi connectivity index (χ3v) is 5.55. The number of hydrogen-bond acceptors (Lipinski definition) is 3. The highest BCUT2D eigenvalue weighted by molar-refractivity contribution is 5.94. The maximum Gasteiger partial charge on any atom is 0.253 e. The smallest absolute Gasteiger partial charge is 0.253 e. The van der Waals surface area contributed by atoms with Crippen molar-refractivity contribution >= 4 is 11.9 Å². The number of nitrogens with one attached hydrogen (secondary N) is 2. The number of aromatic nitrogens is 2. The summed E-state index contributed by atoms with van der Waals surface area (Å²) in [4.78, 5) is 19.3. The first-order chi connectivity index (χ1) is 15.1. The van der Waals surface area contributed by atoms with E-state index in [0.29, 0.717) is 6.54 Å². The Morgan fingerprint density at radius 1 is 1.10 bits per heavy atom. The van der Waals surface area contributed by atoms with Crippen molar-refractivity contribution in [2.24, 2.45) is 4.99 Å². The van der Waals surface area contributed by atoms with E-state index in [2.05, 4.69) is 35.6 Å². The maximum absolute atomic E-state index is 12.6. The number of guanidine groups is 1. The van der Waals surface area contributed by atoms with Gasteiger partial charge in [-0.1, -0.05) is 12.1 Å². The van der Waals surface area contributed by atoms with Gasteiger partial charge in [0.05, 0.1) is 12.2 Å². The van der Waals surface area contributed by atoms with E-state index in [1.165, 1.54) is 12.1 Å². The zero-order chi connectivity index (χ0) is 22.1. The molecule has 0 spiro atoms. The van der Waals surface area contributed by atoms with Crippen molar-refractivity contribution in [3.05, 3.63) is 52.8 Å². The van der Waals surface area contributed by atoms with Gasteiger partial charge in [0.15, 0.2) is 5.96 Å². The fraction of sp³-hybridized carbons (Fsp3) is 0.542. The normalized spacial score (nSPS) is 14.5. The summed E-state index contributed by atoms with van der Waals surface area (Å²) in [5.41, 5.74) is 4.11. The molecule has 0 aliphatic carbocycles. The van der Waals surface area contributed by atoms with Crippen LogP contribution in [0.1, 0.15) is 59.9 Å². The van der Waals surface area contributed by atoms with Gasteiger partial charge in [0.1, 0.15) is 0 Å². The molecule has 1 aromatic heterocycles. The highest BCUT2D eigenvalue weighted by Gasteiger charge is 2.17. The van der Waals surface area contributed by atoms with Gasteiger partial charge in [-0.05, 0) is 70.2 Å². The summed E-state index contributed by atoms with van der Waals surface area (Å²) in [6.07, 6.45) is 4.42. The Morgan fingerprint density at radius 2 is 1.84 bits per heavy atom. The van der Waals surface area contributed by atoms with Crippen LogP contribution in [0.15, 0.2) is 35.3 Å². The van der Waals surface area contributed by atoms with Crippen molar-refractivity contribution in [3.63, 3.8) is 0 Å². The molecule has 1 aliphatic rings. The van der Waals surface area contributed by atoms with Gasteiger partial charge in [0.25, 0.3) is 5.91 Å². The SMILES string of the molecule is CCNC(=NCc1ccc(C(=O)N2CCCCC2)cc1)NCCCn1nc(C)cc1C. The van der Waals surface area contributed by atoms with Crippen molar-refractivity contribution < 1.29 is 4.79 Å². The van der Waals surface area contributed by atoms with Crippen molar-refractivity contribution in [1.82, 2.24) is 25.3 Å². The van der Waals surface area contributed by atoms with E-state index in [4.69, 9.17) is 4.99 Å². The average molecular weight is 425 g/mol. The molecule has 0 saturated carbocycles. The molecular formula is C24H36N6O. The van der Waals surface area contributed by atoms with E-state index in [-0.39, 0.29) is 5.91 Å². The minimum absolute atomic E-state index is 0.146. The van der Waals surface area contributed by atoms with Crippen LogP contribution in [-0.4, -0.2) is 52.7 Å². The number of aryl methyl sites for hydroxylation is 3. The quantitative estimate of drug-likeness (QED) is 0.387. The summed E-state index contributed by atoms with van der Waals surface area (Å²) in [7, 11) is 0. The van der Waals surface area contributed by atoms with Crippen LogP contribution in [0, 0.1) is 13.8 Å². The second-order valence-electron chi connectivity index (χ2n) is 8.18. The molecule has 1 aromatic carbocycles. The zero-order valence-electron chi connectivity index (χ0n) is 19.2. The third kappa shape index (κ3) is 6.84.